The van der Waals surface area contributed by atoms with Gasteiger partial charge in [-0.1, -0.05) is 0 Å². The van der Waals surface area contributed by atoms with Crippen LogP contribution in [0.25, 0.3) is 0 Å². The minimum Gasteiger partial charge on any atom is -0.394 e. The van der Waals surface area contributed by atoms with Crippen LogP contribution in [0.2, 0.25) is 0 Å². The maximum Gasteiger partial charge on any atom is 0.262 e. The third-order valence-electron chi connectivity index (χ3n) is 1.04. The van der Waals surface area contributed by atoms with E-state index in [4.69, 9.17) is 10.2 Å². The SMILES string of the molecule is NCC(F)(F)CC(O)CO. The summed E-state index contributed by atoms with van der Waals surface area (Å²) in [4.78, 5) is 0. The largest absolute Gasteiger partial charge is 0.394 e. The number of hydrogen-bond acceptors (Lipinski definition) is 3. The van der Waals surface area contributed by atoms with E-state index in [1.807, 2.05) is 0 Å². The van der Waals surface area contributed by atoms with Crippen molar-refractivity contribution in [3.63, 3.8) is 0 Å². The van der Waals surface area contributed by atoms with Crippen LogP contribution in [-0.4, -0.2) is 35.4 Å². The standard InChI is InChI=1S/C5H11F2NO2/c6-5(7,3-8)1-4(10)2-9/h4,9-10H,1-3,8H2. The Morgan fingerprint density at radius 1 is 1.50 bits per heavy atom. The highest BCUT2D eigenvalue weighted by atomic mass is 19.3. The van der Waals surface area contributed by atoms with E-state index in [1.54, 1.807) is 0 Å². The fourth-order valence-corrected chi connectivity index (χ4v) is 0.493. The van der Waals surface area contributed by atoms with E-state index in [0.717, 1.165) is 0 Å². The lowest BCUT2D eigenvalue weighted by Gasteiger charge is -2.15. The molecule has 0 aliphatic carbocycles. The number of halogens is 2. The highest BCUT2D eigenvalue weighted by molar-refractivity contribution is 4.71. The molecule has 0 aromatic carbocycles. The van der Waals surface area contributed by atoms with E-state index in [9.17, 15) is 8.78 Å². The average molecular weight is 155 g/mol. The van der Waals surface area contributed by atoms with Crippen LogP contribution >= 0.6 is 0 Å². The summed E-state index contributed by atoms with van der Waals surface area (Å²) in [5.74, 6) is -3.07. The van der Waals surface area contributed by atoms with Gasteiger partial charge in [0, 0.05) is 6.42 Å². The quantitative estimate of drug-likeness (QED) is 0.504. The Labute approximate surface area is 57.5 Å². The molecule has 5 heteroatoms. The van der Waals surface area contributed by atoms with Crippen molar-refractivity contribution in [2.24, 2.45) is 5.73 Å². The Bertz CT molecular complexity index is 99.6. The van der Waals surface area contributed by atoms with Crippen LogP contribution < -0.4 is 5.73 Å². The molecule has 0 aliphatic heterocycles. The van der Waals surface area contributed by atoms with Crippen LogP contribution in [-0.2, 0) is 0 Å². The van der Waals surface area contributed by atoms with E-state index in [-0.39, 0.29) is 0 Å². The zero-order valence-electron chi connectivity index (χ0n) is 5.43. The summed E-state index contributed by atoms with van der Waals surface area (Å²) in [7, 11) is 0. The van der Waals surface area contributed by atoms with Crippen molar-refractivity contribution in [3.8, 4) is 0 Å². The van der Waals surface area contributed by atoms with Gasteiger partial charge in [0.15, 0.2) is 0 Å². The maximum atomic E-state index is 12.2. The predicted octanol–water partition coefficient (Wildman–Crippen LogP) is -0.676. The number of aliphatic hydroxyl groups excluding tert-OH is 2. The molecule has 4 N–H and O–H groups in total. The lowest BCUT2D eigenvalue weighted by atomic mass is 10.1. The monoisotopic (exact) mass is 155 g/mol. The first-order chi connectivity index (χ1) is 4.52. The van der Waals surface area contributed by atoms with Gasteiger partial charge >= 0.3 is 0 Å². The molecular formula is C5H11F2NO2. The lowest BCUT2D eigenvalue weighted by molar-refractivity contribution is -0.0482. The van der Waals surface area contributed by atoms with Crippen LogP contribution in [0.4, 0.5) is 8.78 Å². The second-order valence-electron chi connectivity index (χ2n) is 2.10. The van der Waals surface area contributed by atoms with E-state index in [2.05, 4.69) is 5.73 Å². The van der Waals surface area contributed by atoms with Crippen molar-refractivity contribution in [3.05, 3.63) is 0 Å². The zero-order chi connectivity index (χ0) is 8.20. The molecule has 0 aromatic heterocycles. The van der Waals surface area contributed by atoms with E-state index >= 15 is 0 Å². The summed E-state index contributed by atoms with van der Waals surface area (Å²) >= 11 is 0. The van der Waals surface area contributed by atoms with Crippen molar-refractivity contribution in [1.29, 1.82) is 0 Å². The topological polar surface area (TPSA) is 66.5 Å². The van der Waals surface area contributed by atoms with Crippen LogP contribution in [0.1, 0.15) is 6.42 Å². The Morgan fingerprint density at radius 2 is 2.00 bits per heavy atom. The first-order valence-electron chi connectivity index (χ1n) is 2.88. The summed E-state index contributed by atoms with van der Waals surface area (Å²) < 4.78 is 24.4. The molecular weight excluding hydrogens is 144 g/mol. The van der Waals surface area contributed by atoms with Crippen molar-refractivity contribution in [2.45, 2.75) is 18.4 Å². The molecule has 0 saturated carbocycles. The molecule has 0 amide bonds. The fraction of sp³-hybridized carbons (Fsp3) is 1.00. The van der Waals surface area contributed by atoms with Crippen molar-refractivity contribution in [1.82, 2.24) is 0 Å². The smallest absolute Gasteiger partial charge is 0.262 e. The minimum absolute atomic E-state index is 0.657. The molecule has 3 nitrogen and oxygen atoms in total. The number of nitrogens with two attached hydrogens (primary N) is 1. The highest BCUT2D eigenvalue weighted by Gasteiger charge is 2.29. The van der Waals surface area contributed by atoms with Gasteiger partial charge < -0.3 is 15.9 Å². The summed E-state index contributed by atoms with van der Waals surface area (Å²) in [6.07, 6.45) is -2.15. The van der Waals surface area contributed by atoms with Crippen molar-refractivity contribution >= 4 is 0 Å². The third kappa shape index (κ3) is 3.71. The zero-order valence-corrected chi connectivity index (χ0v) is 5.43. The fourth-order valence-electron chi connectivity index (χ4n) is 0.493. The molecule has 10 heavy (non-hydrogen) atoms. The molecule has 0 aromatic rings. The number of hydrogen-bond donors (Lipinski definition) is 3. The third-order valence-corrected chi connectivity index (χ3v) is 1.04. The van der Waals surface area contributed by atoms with E-state index < -0.39 is 31.6 Å². The first kappa shape index (κ1) is 9.74. The molecule has 0 saturated heterocycles. The highest BCUT2D eigenvalue weighted by Crippen LogP contribution is 2.17. The molecule has 0 bridgehead atoms. The van der Waals surface area contributed by atoms with Gasteiger partial charge in [-0.3, -0.25) is 0 Å². The van der Waals surface area contributed by atoms with Gasteiger partial charge in [0.25, 0.3) is 5.92 Å². The minimum atomic E-state index is -3.07. The van der Waals surface area contributed by atoms with Crippen LogP contribution in [0, 0.1) is 0 Å². The van der Waals surface area contributed by atoms with E-state index in [0.29, 0.717) is 0 Å². The summed E-state index contributed by atoms with van der Waals surface area (Å²) in [6, 6.07) is 0. The normalized spacial score (nSPS) is 15.3. The molecule has 0 spiro atoms. The van der Waals surface area contributed by atoms with Gasteiger partial charge in [0.1, 0.15) is 0 Å². The summed E-state index contributed by atoms with van der Waals surface area (Å²) in [5.41, 5.74) is 4.67. The number of aliphatic hydroxyl groups is 2. The lowest BCUT2D eigenvalue weighted by Crippen LogP contribution is -2.33. The second kappa shape index (κ2) is 3.80. The predicted molar refractivity (Wildman–Crippen MR) is 31.7 cm³/mol. The Morgan fingerprint density at radius 3 is 2.30 bits per heavy atom. The molecule has 0 radical (unpaired) electrons. The second-order valence-corrected chi connectivity index (χ2v) is 2.10. The van der Waals surface area contributed by atoms with Gasteiger partial charge in [-0.05, 0) is 0 Å². The molecule has 1 atom stereocenters. The Hall–Kier alpha value is -0.260. The molecule has 0 rings (SSSR count). The van der Waals surface area contributed by atoms with E-state index in [1.165, 1.54) is 0 Å². The average Bonchev–Trinajstić information content (AvgIpc) is 1.87. The van der Waals surface area contributed by atoms with Gasteiger partial charge in [0.05, 0.1) is 19.3 Å². The molecule has 1 unspecified atom stereocenters. The Balaban J connectivity index is 3.64. The summed E-state index contributed by atoms with van der Waals surface area (Å²) in [6.45, 7) is -1.46. The first-order valence-corrected chi connectivity index (χ1v) is 2.88. The van der Waals surface area contributed by atoms with Gasteiger partial charge in [-0.25, -0.2) is 8.78 Å². The number of rotatable bonds is 4. The molecule has 0 fully saturated rings. The van der Waals surface area contributed by atoms with Crippen molar-refractivity contribution < 1.29 is 19.0 Å². The Kier molecular flexibility index (Phi) is 3.70. The molecule has 0 aliphatic rings. The molecule has 62 valence electrons. The van der Waals surface area contributed by atoms with Crippen LogP contribution in [0.5, 0.6) is 0 Å². The van der Waals surface area contributed by atoms with Crippen molar-refractivity contribution in [2.75, 3.05) is 13.2 Å². The maximum absolute atomic E-state index is 12.2. The van der Waals surface area contributed by atoms with Gasteiger partial charge in [-0.15, -0.1) is 0 Å². The van der Waals surface area contributed by atoms with Gasteiger partial charge in [0.2, 0.25) is 0 Å². The van der Waals surface area contributed by atoms with Crippen LogP contribution in [0.15, 0.2) is 0 Å². The van der Waals surface area contributed by atoms with Crippen LogP contribution in [0.3, 0.4) is 0 Å². The summed E-state index contributed by atoms with van der Waals surface area (Å²) in [5, 5.41) is 16.7. The van der Waals surface area contributed by atoms with Gasteiger partial charge in [-0.2, -0.15) is 0 Å². The number of alkyl halides is 2. The molecule has 0 heterocycles.